The molecule has 2 aliphatic rings. The summed E-state index contributed by atoms with van der Waals surface area (Å²) in [6.45, 7) is 5.64. The van der Waals surface area contributed by atoms with Crippen LogP contribution in [0.5, 0.6) is 11.5 Å². The third-order valence-electron chi connectivity index (χ3n) is 6.25. The van der Waals surface area contributed by atoms with Gasteiger partial charge in [0, 0.05) is 37.8 Å². The minimum atomic E-state index is -1.13. The van der Waals surface area contributed by atoms with E-state index in [0.29, 0.717) is 47.8 Å². The Labute approximate surface area is 205 Å². The smallest absolute Gasteiger partial charge is 0.247 e. The summed E-state index contributed by atoms with van der Waals surface area (Å²) in [5.41, 5.74) is 1.51. The maximum atomic E-state index is 13.2. The normalized spacial score (nSPS) is 22.7. The number of aliphatic hydroxyl groups excluding tert-OH is 3. The monoisotopic (exact) mass is 492 g/mol. The van der Waals surface area contributed by atoms with Gasteiger partial charge in [-0.25, -0.2) is 0 Å². The molecule has 1 heterocycles. The summed E-state index contributed by atoms with van der Waals surface area (Å²) in [5, 5.41) is 33.0. The molecule has 0 saturated carbocycles. The molecule has 1 aliphatic carbocycles. The van der Waals surface area contributed by atoms with Crippen LogP contribution in [0.3, 0.4) is 0 Å². The van der Waals surface area contributed by atoms with Crippen LogP contribution in [0.15, 0.2) is 23.8 Å². The molecular weight excluding hydrogens is 456 g/mol. The molecule has 2 amide bonds. The molecule has 1 aromatic rings. The molecule has 4 atom stereocenters. The van der Waals surface area contributed by atoms with Crippen LogP contribution < -0.4 is 14.8 Å². The number of carbonyl (C=O) groups is 2. The van der Waals surface area contributed by atoms with Gasteiger partial charge in [-0.1, -0.05) is 0 Å². The molecule has 0 bridgehead atoms. The van der Waals surface area contributed by atoms with Crippen molar-refractivity contribution in [3.8, 4) is 11.5 Å². The second-order valence-corrected chi connectivity index (χ2v) is 9.00. The van der Waals surface area contributed by atoms with Gasteiger partial charge in [-0.2, -0.15) is 0 Å². The first-order chi connectivity index (χ1) is 16.7. The summed E-state index contributed by atoms with van der Waals surface area (Å²) in [6, 6.07) is 2.57. The lowest BCUT2D eigenvalue weighted by molar-refractivity contribution is -0.135. The average molecular weight is 493 g/mol. The summed E-state index contributed by atoms with van der Waals surface area (Å²) in [5.74, 6) is -0.552. The van der Waals surface area contributed by atoms with Crippen molar-refractivity contribution in [2.24, 2.45) is 0 Å². The lowest BCUT2D eigenvalue weighted by Gasteiger charge is -2.40. The highest BCUT2D eigenvalue weighted by atomic mass is 16.5. The Hall–Kier alpha value is -2.66. The molecule has 194 valence electrons. The highest BCUT2D eigenvalue weighted by Crippen LogP contribution is 2.51. The Morgan fingerprint density at radius 2 is 2.00 bits per heavy atom. The van der Waals surface area contributed by atoms with Crippen molar-refractivity contribution in [2.45, 2.75) is 64.1 Å². The molecule has 4 N–H and O–H groups in total. The highest BCUT2D eigenvalue weighted by Gasteiger charge is 2.51. The number of rotatable bonds is 11. The Bertz CT molecular complexity index is 948. The van der Waals surface area contributed by atoms with Gasteiger partial charge in [-0.05, 0) is 44.0 Å². The first kappa shape index (κ1) is 26.9. The molecule has 0 spiro atoms. The standard InChI is InChI=1S/C25H36N2O8/c1-14(2)34-9-5-7-27(15(3)30)19-12-18(25(32)26-6-8-28)21-17-10-16(13-29)11-20(33-4)23(17)35-24(21)22(19)31/h10-12,14,19,21-22,24,28-29,31H,5-9,13H2,1-4H3,(H,26,32). The van der Waals surface area contributed by atoms with Gasteiger partial charge in [0.15, 0.2) is 11.5 Å². The number of aliphatic hydroxyl groups is 3. The van der Waals surface area contributed by atoms with Crippen molar-refractivity contribution in [2.75, 3.05) is 33.4 Å². The fourth-order valence-electron chi connectivity index (χ4n) is 4.69. The summed E-state index contributed by atoms with van der Waals surface area (Å²) in [7, 11) is 1.47. The maximum absolute atomic E-state index is 13.2. The van der Waals surface area contributed by atoms with Crippen molar-refractivity contribution >= 4 is 11.8 Å². The van der Waals surface area contributed by atoms with Gasteiger partial charge in [0.05, 0.1) is 38.4 Å². The SMILES string of the molecule is COc1cc(CO)cc2c1OC1C2C(C(=O)NCCO)=CC(N(CCCOC(C)C)C(C)=O)C1O. The Morgan fingerprint density at radius 1 is 1.26 bits per heavy atom. The van der Waals surface area contributed by atoms with Crippen LogP contribution in [-0.4, -0.2) is 89.8 Å². The summed E-state index contributed by atoms with van der Waals surface area (Å²) >= 11 is 0. The molecule has 35 heavy (non-hydrogen) atoms. The zero-order valence-corrected chi connectivity index (χ0v) is 20.7. The van der Waals surface area contributed by atoms with E-state index in [9.17, 15) is 24.9 Å². The number of carbonyl (C=O) groups excluding carboxylic acids is 2. The summed E-state index contributed by atoms with van der Waals surface area (Å²) in [4.78, 5) is 27.3. The van der Waals surface area contributed by atoms with Crippen LogP contribution in [0.1, 0.15) is 44.2 Å². The number of nitrogens with one attached hydrogen (secondary N) is 1. The summed E-state index contributed by atoms with van der Waals surface area (Å²) < 4.78 is 17.2. The van der Waals surface area contributed by atoms with Crippen molar-refractivity contribution < 1.29 is 39.1 Å². The molecule has 10 nitrogen and oxygen atoms in total. The van der Waals surface area contributed by atoms with Crippen LogP contribution in [0.25, 0.3) is 0 Å². The molecule has 10 heteroatoms. The molecule has 0 aromatic heterocycles. The third-order valence-corrected chi connectivity index (χ3v) is 6.25. The van der Waals surface area contributed by atoms with E-state index in [-0.39, 0.29) is 31.8 Å². The van der Waals surface area contributed by atoms with E-state index in [2.05, 4.69) is 5.32 Å². The minimum Gasteiger partial charge on any atom is -0.493 e. The van der Waals surface area contributed by atoms with Crippen molar-refractivity contribution in [3.05, 3.63) is 34.9 Å². The van der Waals surface area contributed by atoms with Crippen LogP contribution in [-0.2, 0) is 20.9 Å². The topological polar surface area (TPSA) is 138 Å². The number of ether oxygens (including phenoxy) is 3. The van der Waals surface area contributed by atoms with Gasteiger partial charge in [-0.15, -0.1) is 0 Å². The van der Waals surface area contributed by atoms with Crippen molar-refractivity contribution in [1.29, 1.82) is 0 Å². The fourth-order valence-corrected chi connectivity index (χ4v) is 4.69. The Morgan fingerprint density at radius 3 is 2.60 bits per heavy atom. The predicted octanol–water partition coefficient (Wildman–Crippen LogP) is 0.474. The molecule has 0 radical (unpaired) electrons. The number of nitrogens with zero attached hydrogens (tertiary/aromatic N) is 1. The minimum absolute atomic E-state index is 0.0530. The molecule has 1 aliphatic heterocycles. The molecule has 0 fully saturated rings. The maximum Gasteiger partial charge on any atom is 0.247 e. The number of hydrogen-bond acceptors (Lipinski definition) is 8. The Balaban J connectivity index is 2.01. The molecule has 3 rings (SSSR count). The van der Waals surface area contributed by atoms with Crippen molar-refractivity contribution in [1.82, 2.24) is 10.2 Å². The van der Waals surface area contributed by atoms with Crippen LogP contribution in [0.2, 0.25) is 0 Å². The second kappa shape index (κ2) is 11.9. The molecule has 1 aromatic carbocycles. The van der Waals surface area contributed by atoms with E-state index >= 15 is 0 Å². The van der Waals surface area contributed by atoms with Gasteiger partial charge in [0.2, 0.25) is 11.8 Å². The molecular formula is C25H36N2O8. The quantitative estimate of drug-likeness (QED) is 0.327. The number of amides is 2. The zero-order chi connectivity index (χ0) is 25.7. The number of fused-ring (bicyclic) bond motifs is 3. The van der Waals surface area contributed by atoms with Gasteiger partial charge in [0.25, 0.3) is 0 Å². The predicted molar refractivity (Wildman–Crippen MR) is 127 cm³/mol. The van der Waals surface area contributed by atoms with Crippen LogP contribution in [0, 0.1) is 0 Å². The van der Waals surface area contributed by atoms with Gasteiger partial charge in [0.1, 0.15) is 12.2 Å². The van der Waals surface area contributed by atoms with E-state index in [1.807, 2.05) is 13.8 Å². The van der Waals surface area contributed by atoms with Crippen LogP contribution >= 0.6 is 0 Å². The molecule has 0 saturated heterocycles. The number of hydrogen-bond donors (Lipinski definition) is 4. The third kappa shape index (κ3) is 5.78. The lowest BCUT2D eigenvalue weighted by atomic mass is 9.77. The Kier molecular flexibility index (Phi) is 9.12. The second-order valence-electron chi connectivity index (χ2n) is 9.00. The molecule has 4 unspecified atom stereocenters. The largest absolute Gasteiger partial charge is 0.493 e. The van der Waals surface area contributed by atoms with E-state index in [1.54, 1.807) is 18.2 Å². The lowest BCUT2D eigenvalue weighted by Crippen LogP contribution is -2.55. The summed E-state index contributed by atoms with van der Waals surface area (Å²) in [6.07, 6.45) is 0.252. The highest BCUT2D eigenvalue weighted by molar-refractivity contribution is 5.96. The van der Waals surface area contributed by atoms with E-state index < -0.39 is 30.1 Å². The van der Waals surface area contributed by atoms with E-state index in [0.717, 1.165) is 0 Å². The number of methoxy groups -OCH3 is 1. The number of benzene rings is 1. The van der Waals surface area contributed by atoms with Crippen molar-refractivity contribution in [3.63, 3.8) is 0 Å². The average Bonchev–Trinajstić information content (AvgIpc) is 3.22. The van der Waals surface area contributed by atoms with Gasteiger partial charge in [-0.3, -0.25) is 9.59 Å². The van der Waals surface area contributed by atoms with Gasteiger partial charge >= 0.3 is 0 Å². The van der Waals surface area contributed by atoms with Gasteiger partial charge < -0.3 is 39.7 Å². The first-order valence-corrected chi connectivity index (χ1v) is 11.9. The zero-order valence-electron chi connectivity index (χ0n) is 20.7. The fraction of sp³-hybridized carbons (Fsp3) is 0.600. The van der Waals surface area contributed by atoms with Crippen LogP contribution in [0.4, 0.5) is 0 Å². The first-order valence-electron chi connectivity index (χ1n) is 11.9. The van der Waals surface area contributed by atoms with E-state index in [4.69, 9.17) is 14.2 Å². The van der Waals surface area contributed by atoms with E-state index in [1.165, 1.54) is 18.9 Å².